The van der Waals surface area contributed by atoms with E-state index in [9.17, 15) is 14.4 Å². The van der Waals surface area contributed by atoms with E-state index in [1.54, 1.807) is 12.0 Å². The third kappa shape index (κ3) is 4.78. The smallest absolute Gasteiger partial charge is 0.307 e. The SMILES string of the molecule is COc1ccc(CCC(=O)N2CCCN(C(=O)C3CC3C(=O)O)CC2)cc1. The summed E-state index contributed by atoms with van der Waals surface area (Å²) in [6.45, 7) is 2.22. The van der Waals surface area contributed by atoms with Gasteiger partial charge in [0.1, 0.15) is 5.75 Å². The molecule has 1 aromatic carbocycles. The number of aliphatic carboxylic acids is 1. The molecule has 0 spiro atoms. The van der Waals surface area contributed by atoms with E-state index >= 15 is 0 Å². The molecule has 1 saturated carbocycles. The van der Waals surface area contributed by atoms with Crippen LogP contribution in [0.5, 0.6) is 5.75 Å². The number of nitrogens with zero attached hydrogens (tertiary/aromatic N) is 2. The lowest BCUT2D eigenvalue weighted by atomic mass is 10.1. The molecule has 7 nitrogen and oxygen atoms in total. The molecule has 1 N–H and O–H groups in total. The molecule has 1 heterocycles. The first kappa shape index (κ1) is 19.2. The molecular formula is C20H26N2O5. The molecule has 2 amide bonds. The Hall–Kier alpha value is -2.57. The molecule has 1 aliphatic carbocycles. The largest absolute Gasteiger partial charge is 0.497 e. The molecule has 1 saturated heterocycles. The number of methoxy groups -OCH3 is 1. The van der Waals surface area contributed by atoms with Gasteiger partial charge in [-0.3, -0.25) is 14.4 Å². The molecule has 1 aromatic rings. The van der Waals surface area contributed by atoms with E-state index in [0.717, 1.165) is 17.7 Å². The first-order valence-corrected chi connectivity index (χ1v) is 9.42. The molecule has 3 rings (SSSR count). The van der Waals surface area contributed by atoms with Crippen LogP contribution in [0.1, 0.15) is 24.8 Å². The zero-order valence-corrected chi connectivity index (χ0v) is 15.6. The van der Waals surface area contributed by atoms with Gasteiger partial charge in [0, 0.05) is 32.6 Å². The number of hydrogen-bond acceptors (Lipinski definition) is 4. The third-order valence-corrected chi connectivity index (χ3v) is 5.37. The zero-order chi connectivity index (χ0) is 19.4. The van der Waals surface area contributed by atoms with E-state index in [2.05, 4.69) is 0 Å². The van der Waals surface area contributed by atoms with Crippen molar-refractivity contribution in [1.29, 1.82) is 0 Å². The van der Waals surface area contributed by atoms with Gasteiger partial charge in [-0.05, 0) is 37.0 Å². The lowest BCUT2D eigenvalue weighted by Crippen LogP contribution is -2.38. The molecule has 0 radical (unpaired) electrons. The Morgan fingerprint density at radius 2 is 1.70 bits per heavy atom. The number of aryl methyl sites for hydroxylation is 1. The lowest BCUT2D eigenvalue weighted by molar-refractivity contribution is -0.142. The molecule has 2 atom stereocenters. The van der Waals surface area contributed by atoms with Crippen molar-refractivity contribution >= 4 is 17.8 Å². The van der Waals surface area contributed by atoms with Crippen LogP contribution < -0.4 is 4.74 Å². The van der Waals surface area contributed by atoms with Crippen molar-refractivity contribution in [2.45, 2.75) is 25.7 Å². The molecule has 2 fully saturated rings. The highest BCUT2D eigenvalue weighted by atomic mass is 16.5. The van der Waals surface area contributed by atoms with Crippen molar-refractivity contribution in [3.05, 3.63) is 29.8 Å². The Bertz CT molecular complexity index is 703. The number of amides is 2. The Balaban J connectivity index is 1.46. The number of rotatable bonds is 6. The summed E-state index contributed by atoms with van der Waals surface area (Å²) >= 11 is 0. The molecule has 7 heteroatoms. The van der Waals surface area contributed by atoms with Gasteiger partial charge in [0.15, 0.2) is 0 Å². The van der Waals surface area contributed by atoms with Crippen LogP contribution in [-0.4, -0.2) is 66.0 Å². The van der Waals surface area contributed by atoms with Crippen molar-refractivity contribution in [1.82, 2.24) is 9.80 Å². The topological polar surface area (TPSA) is 87.2 Å². The minimum absolute atomic E-state index is 0.0741. The number of carboxylic acids is 1. The van der Waals surface area contributed by atoms with Crippen LogP contribution in [0.4, 0.5) is 0 Å². The highest BCUT2D eigenvalue weighted by Crippen LogP contribution is 2.40. The van der Waals surface area contributed by atoms with Gasteiger partial charge >= 0.3 is 5.97 Å². The van der Waals surface area contributed by atoms with Crippen molar-refractivity contribution in [2.24, 2.45) is 11.8 Å². The van der Waals surface area contributed by atoms with E-state index in [1.807, 2.05) is 29.2 Å². The number of benzene rings is 1. The predicted octanol–water partition coefficient (Wildman–Crippen LogP) is 1.41. The highest BCUT2D eigenvalue weighted by molar-refractivity contribution is 5.89. The van der Waals surface area contributed by atoms with Gasteiger partial charge in [-0.2, -0.15) is 0 Å². The average molecular weight is 374 g/mol. The van der Waals surface area contributed by atoms with E-state index in [-0.39, 0.29) is 17.7 Å². The number of carbonyl (C=O) groups is 3. The number of carboxylic acid groups (broad SMARTS) is 1. The molecule has 1 aliphatic heterocycles. The van der Waals surface area contributed by atoms with Crippen molar-refractivity contribution in [2.75, 3.05) is 33.3 Å². The van der Waals surface area contributed by atoms with Crippen molar-refractivity contribution in [3.63, 3.8) is 0 Å². The summed E-state index contributed by atoms with van der Waals surface area (Å²) in [7, 11) is 1.62. The summed E-state index contributed by atoms with van der Waals surface area (Å²) in [5.74, 6) is -0.977. The van der Waals surface area contributed by atoms with Crippen LogP contribution >= 0.6 is 0 Å². The number of carbonyl (C=O) groups excluding carboxylic acids is 2. The lowest BCUT2D eigenvalue weighted by Gasteiger charge is -2.22. The van der Waals surface area contributed by atoms with E-state index in [0.29, 0.717) is 45.4 Å². The second-order valence-corrected chi connectivity index (χ2v) is 7.19. The first-order chi connectivity index (χ1) is 13.0. The molecule has 27 heavy (non-hydrogen) atoms. The summed E-state index contributed by atoms with van der Waals surface area (Å²) in [6.07, 6.45) is 2.27. The monoisotopic (exact) mass is 374 g/mol. The maximum Gasteiger partial charge on any atom is 0.307 e. The van der Waals surface area contributed by atoms with Gasteiger partial charge in [0.2, 0.25) is 11.8 Å². The predicted molar refractivity (Wildman–Crippen MR) is 98.3 cm³/mol. The third-order valence-electron chi connectivity index (χ3n) is 5.37. The summed E-state index contributed by atoms with van der Waals surface area (Å²) < 4.78 is 5.13. The van der Waals surface area contributed by atoms with Gasteiger partial charge < -0.3 is 19.6 Å². The number of hydrogen-bond donors (Lipinski definition) is 1. The van der Waals surface area contributed by atoms with Crippen LogP contribution in [0.15, 0.2) is 24.3 Å². The highest BCUT2D eigenvalue weighted by Gasteiger charge is 2.49. The quantitative estimate of drug-likeness (QED) is 0.814. The van der Waals surface area contributed by atoms with Crippen LogP contribution in [0.3, 0.4) is 0 Å². The van der Waals surface area contributed by atoms with Crippen LogP contribution in [-0.2, 0) is 20.8 Å². The van der Waals surface area contributed by atoms with Gasteiger partial charge in [-0.1, -0.05) is 12.1 Å². The van der Waals surface area contributed by atoms with Gasteiger partial charge in [-0.25, -0.2) is 0 Å². The Morgan fingerprint density at radius 1 is 1.04 bits per heavy atom. The van der Waals surface area contributed by atoms with Gasteiger partial charge in [0.05, 0.1) is 18.9 Å². The molecule has 0 aromatic heterocycles. The van der Waals surface area contributed by atoms with Crippen LogP contribution in [0.2, 0.25) is 0 Å². The van der Waals surface area contributed by atoms with Gasteiger partial charge in [0.25, 0.3) is 0 Å². The van der Waals surface area contributed by atoms with Crippen LogP contribution in [0.25, 0.3) is 0 Å². The standard InChI is InChI=1S/C20H26N2O5/c1-27-15-6-3-14(4-7-15)5-8-18(23)21-9-2-10-22(12-11-21)19(24)16-13-17(16)20(25)26/h3-4,6-7,16-17H,2,5,8-13H2,1H3,(H,25,26). The summed E-state index contributed by atoms with van der Waals surface area (Å²) in [5, 5.41) is 8.99. The minimum Gasteiger partial charge on any atom is -0.497 e. The summed E-state index contributed by atoms with van der Waals surface area (Å²) in [4.78, 5) is 39.5. The fourth-order valence-electron chi connectivity index (χ4n) is 3.56. The second kappa shape index (κ2) is 8.41. The normalized spacial score (nSPS) is 22.1. The maximum atomic E-state index is 12.5. The fourth-order valence-corrected chi connectivity index (χ4v) is 3.56. The van der Waals surface area contributed by atoms with E-state index in [4.69, 9.17) is 9.84 Å². The molecule has 146 valence electrons. The number of ether oxygens (including phenoxy) is 1. The second-order valence-electron chi connectivity index (χ2n) is 7.19. The molecule has 2 aliphatic rings. The zero-order valence-electron chi connectivity index (χ0n) is 15.6. The van der Waals surface area contributed by atoms with E-state index < -0.39 is 11.9 Å². The fraction of sp³-hybridized carbons (Fsp3) is 0.550. The summed E-state index contributed by atoms with van der Waals surface area (Å²) in [6, 6.07) is 7.70. The van der Waals surface area contributed by atoms with Crippen molar-refractivity contribution < 1.29 is 24.2 Å². The Morgan fingerprint density at radius 3 is 2.33 bits per heavy atom. The Labute approximate surface area is 158 Å². The van der Waals surface area contributed by atoms with E-state index in [1.165, 1.54) is 0 Å². The Kier molecular flexibility index (Phi) is 5.98. The molecule has 0 bridgehead atoms. The minimum atomic E-state index is -0.890. The van der Waals surface area contributed by atoms with Gasteiger partial charge in [-0.15, -0.1) is 0 Å². The van der Waals surface area contributed by atoms with Crippen LogP contribution in [0, 0.1) is 11.8 Å². The summed E-state index contributed by atoms with van der Waals surface area (Å²) in [5.41, 5.74) is 1.09. The average Bonchev–Trinajstić information content (AvgIpc) is 3.49. The molecule has 2 unspecified atom stereocenters. The molecular weight excluding hydrogens is 348 g/mol. The first-order valence-electron chi connectivity index (χ1n) is 9.42. The maximum absolute atomic E-state index is 12.5. The van der Waals surface area contributed by atoms with Crippen molar-refractivity contribution in [3.8, 4) is 5.75 Å².